The lowest BCUT2D eigenvalue weighted by molar-refractivity contribution is 0.101. The number of rotatable bonds is 12. The summed E-state index contributed by atoms with van der Waals surface area (Å²) in [7, 11) is 0. The fourth-order valence-electron chi connectivity index (χ4n) is 6.45. The van der Waals surface area contributed by atoms with Gasteiger partial charge in [0, 0.05) is 27.8 Å². The molecule has 0 amide bonds. The number of ketones is 3. The van der Waals surface area contributed by atoms with Crippen LogP contribution < -0.4 is 0 Å². The summed E-state index contributed by atoms with van der Waals surface area (Å²) >= 11 is 0. The fourth-order valence-corrected chi connectivity index (χ4v) is 6.45. The number of Topliss-reactive ketones (excluding diaryl/α,β-unsaturated/α-hetero) is 1. The molecule has 0 aliphatic rings. The Bertz CT molecular complexity index is 2680. The van der Waals surface area contributed by atoms with Crippen LogP contribution >= 0.6 is 0 Å². The number of carbonyl (C=O) groups is 5. The molecule has 0 saturated carbocycles. The van der Waals surface area contributed by atoms with Crippen LogP contribution in [-0.2, 0) is 0 Å². The van der Waals surface area contributed by atoms with Gasteiger partial charge in [0.05, 0.1) is 0 Å². The maximum Gasteiger partial charge on any atom is 0.185 e. The first-order valence-electron chi connectivity index (χ1n) is 20.3. The zero-order chi connectivity index (χ0) is 44.2. The third-order valence-electron chi connectivity index (χ3n) is 9.90. The summed E-state index contributed by atoms with van der Waals surface area (Å²) in [6.45, 7) is 1.58. The third-order valence-corrected chi connectivity index (χ3v) is 9.90. The zero-order valence-corrected chi connectivity index (χ0v) is 34.7. The molecule has 0 fully saturated rings. The van der Waals surface area contributed by atoms with Crippen LogP contribution in [0.2, 0.25) is 0 Å². The summed E-state index contributed by atoms with van der Waals surface area (Å²) in [5, 5.41) is 0. The van der Waals surface area contributed by atoms with Crippen LogP contribution in [0.5, 0.6) is 0 Å². The predicted octanol–water partition coefficient (Wildman–Crippen LogP) is 13.7. The maximum atomic E-state index is 12.7. The van der Waals surface area contributed by atoms with Gasteiger partial charge in [0.25, 0.3) is 0 Å². The summed E-state index contributed by atoms with van der Waals surface area (Å²) in [4.78, 5) is 56.8. The fraction of sp³-hybridized carbons (Fsp3) is 0.0172. The van der Waals surface area contributed by atoms with Gasteiger partial charge in [-0.05, 0) is 75.7 Å². The van der Waals surface area contributed by atoms with E-state index in [0.29, 0.717) is 34.8 Å². The summed E-state index contributed by atoms with van der Waals surface area (Å²) in [5.41, 5.74) is 11.6. The van der Waals surface area contributed by atoms with Crippen molar-refractivity contribution in [2.45, 2.75) is 6.92 Å². The molecule has 0 heterocycles. The van der Waals surface area contributed by atoms with Crippen molar-refractivity contribution in [3.63, 3.8) is 0 Å². The molecule has 306 valence electrons. The van der Waals surface area contributed by atoms with E-state index in [1.807, 2.05) is 176 Å². The van der Waals surface area contributed by atoms with Crippen molar-refractivity contribution in [2.75, 3.05) is 0 Å². The second kappa shape index (κ2) is 22.8. The number of hydrogen-bond acceptors (Lipinski definition) is 5. The highest BCUT2D eigenvalue weighted by atomic mass is 16.1. The minimum absolute atomic E-state index is 0.0558. The third kappa shape index (κ3) is 13.3. The lowest BCUT2D eigenvalue weighted by Gasteiger charge is -2.03. The van der Waals surface area contributed by atoms with Crippen LogP contribution in [0.4, 0.5) is 0 Å². The van der Waals surface area contributed by atoms with E-state index in [1.54, 1.807) is 55.5 Å². The average Bonchev–Trinajstić information content (AvgIpc) is 3.36. The molecule has 8 aromatic rings. The van der Waals surface area contributed by atoms with Crippen molar-refractivity contribution in [1.82, 2.24) is 0 Å². The maximum absolute atomic E-state index is 12.7. The van der Waals surface area contributed by atoms with Gasteiger partial charge in [-0.3, -0.25) is 24.0 Å². The molecular formula is C58H44O5. The molecule has 0 N–H and O–H groups in total. The van der Waals surface area contributed by atoms with Gasteiger partial charge in [-0.25, -0.2) is 0 Å². The van der Waals surface area contributed by atoms with E-state index >= 15 is 0 Å². The monoisotopic (exact) mass is 820 g/mol. The molecule has 0 aromatic heterocycles. The average molecular weight is 821 g/mol. The van der Waals surface area contributed by atoms with Crippen molar-refractivity contribution in [3.8, 4) is 33.4 Å². The van der Waals surface area contributed by atoms with Crippen molar-refractivity contribution in [2.24, 2.45) is 0 Å². The van der Waals surface area contributed by atoms with Gasteiger partial charge < -0.3 is 0 Å². The molecule has 0 spiro atoms. The normalized spacial score (nSPS) is 10.5. The Labute approximate surface area is 368 Å². The van der Waals surface area contributed by atoms with E-state index in [2.05, 4.69) is 12.1 Å². The van der Waals surface area contributed by atoms with Crippen LogP contribution in [-0.4, -0.2) is 29.9 Å². The topological polar surface area (TPSA) is 85.3 Å². The summed E-state index contributed by atoms with van der Waals surface area (Å²) in [6.07, 6.45) is 8.20. The van der Waals surface area contributed by atoms with E-state index in [0.717, 1.165) is 44.5 Å². The number of allylic oxidation sites excluding steroid dienone is 2. The molecule has 5 nitrogen and oxygen atoms in total. The molecule has 0 aliphatic heterocycles. The van der Waals surface area contributed by atoms with E-state index in [9.17, 15) is 24.0 Å². The molecular weight excluding hydrogens is 777 g/mol. The second-order valence-corrected chi connectivity index (χ2v) is 14.4. The van der Waals surface area contributed by atoms with Crippen LogP contribution in [0.3, 0.4) is 0 Å². The number of aldehydes is 2. The predicted molar refractivity (Wildman–Crippen MR) is 256 cm³/mol. The molecule has 5 heteroatoms. The van der Waals surface area contributed by atoms with Crippen molar-refractivity contribution >= 4 is 42.1 Å². The molecule has 0 unspecified atom stereocenters. The van der Waals surface area contributed by atoms with Crippen molar-refractivity contribution in [3.05, 3.63) is 263 Å². The smallest absolute Gasteiger partial charge is 0.185 e. The van der Waals surface area contributed by atoms with Gasteiger partial charge in [-0.2, -0.15) is 0 Å². The number of hydrogen-bond donors (Lipinski definition) is 0. The van der Waals surface area contributed by atoms with Gasteiger partial charge in [0.2, 0.25) is 0 Å². The SMILES string of the molecule is CC(=O)c1ccc(-c2ccccc2)cc1.O=C(/C=C/c1cccc(/C=C/C(=O)c2ccc(-c3ccccc3)cc2)c1)c1ccc(-c2ccccc2)cc1.O=Cc1cccc(C=O)c1. The van der Waals surface area contributed by atoms with Crippen LogP contribution in [0.15, 0.2) is 224 Å². The van der Waals surface area contributed by atoms with Crippen LogP contribution in [0, 0.1) is 0 Å². The molecule has 0 saturated heterocycles. The molecule has 8 rings (SSSR count). The van der Waals surface area contributed by atoms with Gasteiger partial charge >= 0.3 is 0 Å². The lowest BCUT2D eigenvalue weighted by Crippen LogP contribution is -1.94. The van der Waals surface area contributed by atoms with E-state index in [4.69, 9.17) is 0 Å². The first-order valence-corrected chi connectivity index (χ1v) is 20.3. The van der Waals surface area contributed by atoms with Gasteiger partial charge in [-0.1, -0.05) is 212 Å². The highest BCUT2D eigenvalue weighted by molar-refractivity contribution is 6.08. The first kappa shape index (κ1) is 44.2. The minimum atomic E-state index is -0.0558. The molecule has 0 atom stereocenters. The van der Waals surface area contributed by atoms with Gasteiger partial charge in [0.1, 0.15) is 12.6 Å². The van der Waals surface area contributed by atoms with E-state index in [-0.39, 0.29) is 17.3 Å². The Morgan fingerprint density at radius 1 is 0.317 bits per heavy atom. The minimum Gasteiger partial charge on any atom is -0.298 e. The highest BCUT2D eigenvalue weighted by Crippen LogP contribution is 2.22. The van der Waals surface area contributed by atoms with Crippen molar-refractivity contribution < 1.29 is 24.0 Å². The molecule has 8 aromatic carbocycles. The Morgan fingerprint density at radius 2 is 0.603 bits per heavy atom. The standard InChI is InChI=1S/C36H26O2.C14H12O.C8H6O2/c37-35(33-20-16-31(17-21-33)29-10-3-1-4-11-29)24-14-27-8-7-9-28(26-27)15-25-36(38)34-22-18-32(19-23-34)30-12-5-2-6-13-30;1-11(15)12-7-9-14(10-8-12)13-5-3-2-4-6-13;9-5-7-2-1-3-8(4-7)6-10/h1-26H;2-10H,1H3;1-6H/b24-14+,25-15+;;. The summed E-state index contributed by atoms with van der Waals surface area (Å²) in [5.74, 6) is -0.00557. The Balaban J connectivity index is 0.000000214. The Kier molecular flexibility index (Phi) is 16.0. The molecule has 0 bridgehead atoms. The van der Waals surface area contributed by atoms with E-state index < -0.39 is 0 Å². The van der Waals surface area contributed by atoms with Gasteiger partial charge in [-0.15, -0.1) is 0 Å². The van der Waals surface area contributed by atoms with Crippen LogP contribution in [0.1, 0.15) is 69.8 Å². The van der Waals surface area contributed by atoms with Gasteiger partial charge in [0.15, 0.2) is 17.3 Å². The zero-order valence-electron chi connectivity index (χ0n) is 34.7. The van der Waals surface area contributed by atoms with Crippen molar-refractivity contribution in [1.29, 1.82) is 0 Å². The molecule has 0 aliphatic carbocycles. The molecule has 0 radical (unpaired) electrons. The summed E-state index contributed by atoms with van der Waals surface area (Å²) in [6, 6.07) is 67.5. The largest absolute Gasteiger partial charge is 0.298 e. The Hall–Kier alpha value is -8.41. The quantitative estimate of drug-likeness (QED) is 0.0696. The highest BCUT2D eigenvalue weighted by Gasteiger charge is 2.06. The Morgan fingerprint density at radius 3 is 0.921 bits per heavy atom. The number of carbonyl (C=O) groups excluding carboxylic acids is 5. The number of benzene rings is 8. The second-order valence-electron chi connectivity index (χ2n) is 14.4. The van der Waals surface area contributed by atoms with Crippen LogP contribution in [0.25, 0.3) is 45.5 Å². The summed E-state index contributed by atoms with van der Waals surface area (Å²) < 4.78 is 0. The van der Waals surface area contributed by atoms with E-state index in [1.165, 1.54) is 5.56 Å². The first-order chi connectivity index (χ1) is 30.8. The molecule has 63 heavy (non-hydrogen) atoms. The lowest BCUT2D eigenvalue weighted by atomic mass is 10.0.